The van der Waals surface area contributed by atoms with Gasteiger partial charge < -0.3 is 15.7 Å². The fourth-order valence-corrected chi connectivity index (χ4v) is 5.68. The molecule has 2 aliphatic heterocycles. The van der Waals surface area contributed by atoms with Crippen LogP contribution in [0.4, 0.5) is 4.79 Å². The molecule has 3 heterocycles. The SMILES string of the molecule is Cc1ncnc(SCC2=C(C(=O)O)N3C(=O)C(NC(=O)NCc4ccccc4)[C@H]3SC2)n1. The Balaban J connectivity index is 1.39. The third-order valence-corrected chi connectivity index (χ3v) is 7.17. The van der Waals surface area contributed by atoms with Crippen LogP contribution in [-0.2, 0) is 16.1 Å². The van der Waals surface area contributed by atoms with E-state index in [9.17, 15) is 19.5 Å². The molecule has 2 aliphatic rings. The largest absolute Gasteiger partial charge is 0.477 e. The highest BCUT2D eigenvalue weighted by Gasteiger charge is 2.54. The van der Waals surface area contributed by atoms with Gasteiger partial charge in [0.25, 0.3) is 5.91 Å². The fourth-order valence-electron chi connectivity index (χ4n) is 3.34. The number of nitrogens with one attached hydrogen (secondary N) is 2. The van der Waals surface area contributed by atoms with E-state index in [-0.39, 0.29) is 5.70 Å². The van der Waals surface area contributed by atoms with Crippen molar-refractivity contribution in [1.82, 2.24) is 30.5 Å². The van der Waals surface area contributed by atoms with Crippen molar-refractivity contribution in [3.8, 4) is 0 Å². The minimum atomic E-state index is -1.17. The Hall–Kier alpha value is -3.12. The number of hydrogen-bond acceptors (Lipinski definition) is 8. The highest BCUT2D eigenvalue weighted by atomic mass is 32.2. The van der Waals surface area contributed by atoms with Crippen molar-refractivity contribution in [3.63, 3.8) is 0 Å². The molecule has 1 aromatic carbocycles. The lowest BCUT2D eigenvalue weighted by atomic mass is 10.0. The molecule has 0 bridgehead atoms. The van der Waals surface area contributed by atoms with E-state index in [2.05, 4.69) is 25.6 Å². The maximum atomic E-state index is 12.7. The molecule has 0 spiro atoms. The first-order valence-electron chi connectivity index (χ1n) is 9.70. The predicted molar refractivity (Wildman–Crippen MR) is 119 cm³/mol. The van der Waals surface area contributed by atoms with Crippen LogP contribution in [0, 0.1) is 6.92 Å². The number of benzene rings is 1. The van der Waals surface area contributed by atoms with E-state index in [0.717, 1.165) is 5.56 Å². The number of nitrogens with zero attached hydrogens (tertiary/aromatic N) is 4. The molecule has 3 amide bonds. The van der Waals surface area contributed by atoms with Gasteiger partial charge in [-0.25, -0.2) is 24.5 Å². The van der Waals surface area contributed by atoms with Crippen molar-refractivity contribution in [2.75, 3.05) is 11.5 Å². The average molecular weight is 473 g/mol. The minimum absolute atomic E-state index is 0.0280. The van der Waals surface area contributed by atoms with Crippen LogP contribution in [0.25, 0.3) is 0 Å². The van der Waals surface area contributed by atoms with Gasteiger partial charge in [0.2, 0.25) is 0 Å². The zero-order valence-electron chi connectivity index (χ0n) is 17.0. The third-order valence-electron chi connectivity index (χ3n) is 4.88. The Morgan fingerprint density at radius 3 is 2.78 bits per heavy atom. The summed E-state index contributed by atoms with van der Waals surface area (Å²) in [6.45, 7) is 2.07. The van der Waals surface area contributed by atoms with Gasteiger partial charge in [-0.1, -0.05) is 42.1 Å². The molecule has 1 saturated heterocycles. The number of carbonyl (C=O) groups excluding carboxylic acids is 2. The molecule has 0 radical (unpaired) electrons. The number of carbonyl (C=O) groups is 3. The van der Waals surface area contributed by atoms with E-state index in [0.29, 0.717) is 34.6 Å². The number of carboxylic acids is 1. The van der Waals surface area contributed by atoms with Crippen molar-refractivity contribution >= 4 is 41.4 Å². The molecule has 0 aliphatic carbocycles. The monoisotopic (exact) mass is 472 g/mol. The zero-order chi connectivity index (χ0) is 22.7. The molecule has 2 aromatic rings. The number of fused-ring (bicyclic) bond motifs is 1. The highest BCUT2D eigenvalue weighted by molar-refractivity contribution is 8.01. The van der Waals surface area contributed by atoms with E-state index in [1.807, 2.05) is 30.3 Å². The summed E-state index contributed by atoms with van der Waals surface area (Å²) < 4.78 is 0. The molecule has 12 heteroatoms. The summed E-state index contributed by atoms with van der Waals surface area (Å²) in [6, 6.07) is 8.16. The van der Waals surface area contributed by atoms with Gasteiger partial charge in [0.05, 0.1) is 0 Å². The van der Waals surface area contributed by atoms with Crippen molar-refractivity contribution in [1.29, 1.82) is 0 Å². The van der Waals surface area contributed by atoms with Gasteiger partial charge in [-0.15, -0.1) is 11.8 Å². The van der Waals surface area contributed by atoms with Crippen LogP contribution >= 0.6 is 23.5 Å². The summed E-state index contributed by atoms with van der Waals surface area (Å²) in [5.74, 6) is -0.266. The highest BCUT2D eigenvalue weighted by Crippen LogP contribution is 2.41. The number of hydrogen-bond donors (Lipinski definition) is 3. The van der Waals surface area contributed by atoms with Gasteiger partial charge in [-0.2, -0.15) is 0 Å². The van der Waals surface area contributed by atoms with Gasteiger partial charge >= 0.3 is 12.0 Å². The second kappa shape index (κ2) is 9.57. The summed E-state index contributed by atoms with van der Waals surface area (Å²) in [6.07, 6.45) is 1.40. The Kier molecular flexibility index (Phi) is 6.61. The first kappa shape index (κ1) is 22.1. The number of aryl methyl sites for hydroxylation is 1. The quantitative estimate of drug-likeness (QED) is 0.403. The lowest BCUT2D eigenvalue weighted by Gasteiger charge is -2.49. The maximum absolute atomic E-state index is 12.7. The van der Waals surface area contributed by atoms with E-state index in [4.69, 9.17) is 0 Å². The van der Waals surface area contributed by atoms with Crippen LogP contribution in [0.2, 0.25) is 0 Å². The Labute approximate surface area is 192 Å². The zero-order valence-corrected chi connectivity index (χ0v) is 18.7. The van der Waals surface area contributed by atoms with Crippen molar-refractivity contribution < 1.29 is 19.5 Å². The summed E-state index contributed by atoms with van der Waals surface area (Å²) >= 11 is 2.72. The summed E-state index contributed by atoms with van der Waals surface area (Å²) in [5, 5.41) is 15.2. The number of rotatable bonds is 7. The van der Waals surface area contributed by atoms with Gasteiger partial charge in [0, 0.05) is 18.1 Å². The third kappa shape index (κ3) is 4.70. The number of thioether (sulfide) groups is 2. The van der Waals surface area contributed by atoms with Crippen LogP contribution < -0.4 is 10.6 Å². The van der Waals surface area contributed by atoms with Crippen molar-refractivity contribution in [3.05, 3.63) is 59.3 Å². The standard InChI is InChI=1S/C20H20N6O4S2/c1-11-22-10-23-20(24-11)32-9-13-8-31-17-14(16(27)26(17)15(13)18(28)29)25-19(30)21-7-12-5-3-2-4-6-12/h2-6,10,14,17H,7-9H2,1H3,(H,28,29)(H2,21,25,30)/t14?,17-/m1/s1. The number of carboxylic acid groups (broad SMARTS) is 1. The molecule has 166 valence electrons. The number of amides is 3. The van der Waals surface area contributed by atoms with Crippen LogP contribution in [0.5, 0.6) is 0 Å². The molecule has 0 saturated carbocycles. The first-order chi connectivity index (χ1) is 15.4. The van der Waals surface area contributed by atoms with E-state index < -0.39 is 29.3 Å². The molecule has 10 nitrogen and oxygen atoms in total. The van der Waals surface area contributed by atoms with Gasteiger partial charge in [-0.3, -0.25) is 9.69 Å². The lowest BCUT2D eigenvalue weighted by Crippen LogP contribution is -2.71. The van der Waals surface area contributed by atoms with Gasteiger partial charge in [0.15, 0.2) is 5.16 Å². The summed E-state index contributed by atoms with van der Waals surface area (Å²) in [4.78, 5) is 50.4. The number of β-lactam (4-membered cyclic amide) rings is 1. The second-order valence-electron chi connectivity index (χ2n) is 7.06. The predicted octanol–water partition coefficient (Wildman–Crippen LogP) is 1.39. The van der Waals surface area contributed by atoms with Gasteiger partial charge in [-0.05, 0) is 18.1 Å². The maximum Gasteiger partial charge on any atom is 0.352 e. The second-order valence-corrected chi connectivity index (χ2v) is 9.11. The molecule has 3 N–H and O–H groups in total. The van der Waals surface area contributed by atoms with E-state index in [1.165, 1.54) is 34.8 Å². The topological polar surface area (TPSA) is 137 Å². The first-order valence-corrected chi connectivity index (χ1v) is 11.7. The van der Waals surface area contributed by atoms with Crippen LogP contribution in [-0.4, -0.2) is 65.8 Å². The number of aromatic nitrogens is 3. The van der Waals surface area contributed by atoms with Crippen LogP contribution in [0.15, 0.2) is 53.1 Å². The van der Waals surface area contributed by atoms with Gasteiger partial charge in [0.1, 0.15) is 29.3 Å². The van der Waals surface area contributed by atoms with Crippen molar-refractivity contribution in [2.24, 2.45) is 0 Å². The smallest absolute Gasteiger partial charge is 0.352 e. The fraction of sp³-hybridized carbons (Fsp3) is 0.300. The Morgan fingerprint density at radius 1 is 1.28 bits per heavy atom. The average Bonchev–Trinajstić information content (AvgIpc) is 2.79. The summed E-state index contributed by atoms with van der Waals surface area (Å²) in [7, 11) is 0. The molecule has 2 atom stereocenters. The van der Waals surface area contributed by atoms with E-state index in [1.54, 1.807) is 6.92 Å². The minimum Gasteiger partial charge on any atom is -0.477 e. The molecule has 1 aromatic heterocycles. The normalized spacial score (nSPS) is 19.8. The Bertz CT molecular complexity index is 1080. The van der Waals surface area contributed by atoms with Crippen LogP contribution in [0.1, 0.15) is 11.4 Å². The molecular formula is C20H20N6O4S2. The molecule has 1 fully saturated rings. The molecule has 4 rings (SSSR count). The number of urea groups is 1. The van der Waals surface area contributed by atoms with E-state index >= 15 is 0 Å². The molecule has 1 unspecified atom stereocenters. The number of aliphatic carboxylic acids is 1. The van der Waals surface area contributed by atoms with Crippen LogP contribution in [0.3, 0.4) is 0 Å². The van der Waals surface area contributed by atoms with Crippen molar-refractivity contribution in [2.45, 2.75) is 30.0 Å². The lowest BCUT2D eigenvalue weighted by molar-refractivity contribution is -0.148. The molecular weight excluding hydrogens is 452 g/mol. The Morgan fingerprint density at radius 2 is 2.06 bits per heavy atom. The summed E-state index contributed by atoms with van der Waals surface area (Å²) in [5.41, 5.74) is 1.52. The molecule has 32 heavy (non-hydrogen) atoms.